The molecule has 0 spiro atoms. The third-order valence-electron chi connectivity index (χ3n) is 1.74. The van der Waals surface area contributed by atoms with Crippen LogP contribution < -0.4 is 0 Å². The standard InChI is InChI=1S/C9H7BrN2/c10-6-9-7-2-1-4-11-8(7)3-5-12-9/h1-5H,6H2. The van der Waals surface area contributed by atoms with Crippen LogP contribution in [0.4, 0.5) is 0 Å². The number of rotatable bonds is 1. The molecule has 0 N–H and O–H groups in total. The van der Waals surface area contributed by atoms with E-state index in [9.17, 15) is 0 Å². The summed E-state index contributed by atoms with van der Waals surface area (Å²) in [6.07, 6.45) is 3.58. The monoisotopic (exact) mass is 222 g/mol. The summed E-state index contributed by atoms with van der Waals surface area (Å²) in [5.74, 6) is 0. The van der Waals surface area contributed by atoms with Gasteiger partial charge in [0.1, 0.15) is 0 Å². The molecule has 2 aromatic heterocycles. The molecule has 0 aliphatic heterocycles. The molecule has 0 atom stereocenters. The quantitative estimate of drug-likeness (QED) is 0.694. The highest BCUT2D eigenvalue weighted by Gasteiger charge is 1.99. The molecule has 0 radical (unpaired) electrons. The third-order valence-corrected chi connectivity index (χ3v) is 2.27. The zero-order chi connectivity index (χ0) is 8.39. The largest absolute Gasteiger partial charge is 0.260 e. The second-order valence-electron chi connectivity index (χ2n) is 2.46. The Balaban J connectivity index is 2.79. The summed E-state index contributed by atoms with van der Waals surface area (Å²) in [6, 6.07) is 5.88. The number of hydrogen-bond donors (Lipinski definition) is 0. The second-order valence-corrected chi connectivity index (χ2v) is 3.02. The average molecular weight is 223 g/mol. The SMILES string of the molecule is BrCc1nccc2ncccc12. The summed E-state index contributed by atoms with van der Waals surface area (Å²) >= 11 is 3.39. The van der Waals surface area contributed by atoms with Crippen LogP contribution in [0.5, 0.6) is 0 Å². The van der Waals surface area contributed by atoms with Gasteiger partial charge in [-0.1, -0.05) is 15.9 Å². The van der Waals surface area contributed by atoms with Crippen molar-refractivity contribution in [3.05, 3.63) is 36.3 Å². The molecule has 0 aliphatic carbocycles. The van der Waals surface area contributed by atoms with Crippen molar-refractivity contribution in [3.63, 3.8) is 0 Å². The van der Waals surface area contributed by atoms with Crippen LogP contribution >= 0.6 is 15.9 Å². The smallest absolute Gasteiger partial charge is 0.0735 e. The minimum atomic E-state index is 0.774. The van der Waals surface area contributed by atoms with Crippen molar-refractivity contribution in [2.45, 2.75) is 5.33 Å². The van der Waals surface area contributed by atoms with E-state index in [4.69, 9.17) is 0 Å². The minimum absolute atomic E-state index is 0.774. The van der Waals surface area contributed by atoms with Gasteiger partial charge in [-0.15, -0.1) is 0 Å². The lowest BCUT2D eigenvalue weighted by Crippen LogP contribution is -1.87. The molecule has 0 bridgehead atoms. The molecule has 3 heteroatoms. The van der Waals surface area contributed by atoms with E-state index in [1.54, 1.807) is 12.4 Å². The van der Waals surface area contributed by atoms with Gasteiger partial charge in [-0.2, -0.15) is 0 Å². The van der Waals surface area contributed by atoms with Gasteiger partial charge in [-0.3, -0.25) is 9.97 Å². The number of halogens is 1. The van der Waals surface area contributed by atoms with Crippen molar-refractivity contribution in [2.75, 3.05) is 0 Å². The maximum absolute atomic E-state index is 4.24. The van der Waals surface area contributed by atoms with Crippen LogP contribution in [0.1, 0.15) is 5.69 Å². The average Bonchev–Trinajstić information content (AvgIpc) is 2.17. The molecule has 0 unspecified atom stereocenters. The number of nitrogens with zero attached hydrogens (tertiary/aromatic N) is 2. The van der Waals surface area contributed by atoms with Gasteiger partial charge < -0.3 is 0 Å². The van der Waals surface area contributed by atoms with E-state index in [-0.39, 0.29) is 0 Å². The summed E-state index contributed by atoms with van der Waals surface area (Å²) in [5.41, 5.74) is 2.04. The summed E-state index contributed by atoms with van der Waals surface area (Å²) in [7, 11) is 0. The molecule has 2 aromatic rings. The maximum Gasteiger partial charge on any atom is 0.0735 e. The molecule has 12 heavy (non-hydrogen) atoms. The highest BCUT2D eigenvalue weighted by molar-refractivity contribution is 9.08. The fourth-order valence-corrected chi connectivity index (χ4v) is 1.62. The Labute approximate surface area is 78.8 Å². The van der Waals surface area contributed by atoms with Gasteiger partial charge in [-0.25, -0.2) is 0 Å². The van der Waals surface area contributed by atoms with Crippen LogP contribution in [-0.2, 0) is 5.33 Å². The number of aromatic nitrogens is 2. The highest BCUT2D eigenvalue weighted by Crippen LogP contribution is 2.15. The Hall–Kier alpha value is -0.960. The van der Waals surface area contributed by atoms with Crippen LogP contribution in [0.2, 0.25) is 0 Å². The number of alkyl halides is 1. The lowest BCUT2D eigenvalue weighted by molar-refractivity contribution is 1.21. The predicted molar refractivity (Wildman–Crippen MR) is 52.2 cm³/mol. The first-order valence-corrected chi connectivity index (χ1v) is 4.78. The highest BCUT2D eigenvalue weighted by atomic mass is 79.9. The topological polar surface area (TPSA) is 25.8 Å². The molecular weight excluding hydrogens is 216 g/mol. The van der Waals surface area contributed by atoms with Gasteiger partial charge in [-0.05, 0) is 18.2 Å². The van der Waals surface area contributed by atoms with E-state index in [1.807, 2.05) is 18.2 Å². The molecule has 0 aliphatic rings. The summed E-state index contributed by atoms with van der Waals surface area (Å²) in [5, 5.41) is 1.90. The van der Waals surface area contributed by atoms with Gasteiger partial charge >= 0.3 is 0 Å². The van der Waals surface area contributed by atoms with E-state index in [0.717, 1.165) is 21.9 Å². The van der Waals surface area contributed by atoms with Crippen molar-refractivity contribution in [1.82, 2.24) is 9.97 Å². The fraction of sp³-hybridized carbons (Fsp3) is 0.111. The van der Waals surface area contributed by atoms with Crippen molar-refractivity contribution >= 4 is 26.8 Å². The van der Waals surface area contributed by atoms with Crippen molar-refractivity contribution < 1.29 is 0 Å². The molecule has 0 saturated carbocycles. The molecule has 2 rings (SSSR count). The molecule has 2 nitrogen and oxygen atoms in total. The van der Waals surface area contributed by atoms with E-state index in [1.165, 1.54) is 0 Å². The number of hydrogen-bond acceptors (Lipinski definition) is 2. The Morgan fingerprint density at radius 3 is 2.92 bits per heavy atom. The van der Waals surface area contributed by atoms with E-state index >= 15 is 0 Å². The molecule has 0 amide bonds. The lowest BCUT2D eigenvalue weighted by Gasteiger charge is -1.99. The molecule has 0 saturated heterocycles. The van der Waals surface area contributed by atoms with Crippen molar-refractivity contribution in [3.8, 4) is 0 Å². The Morgan fingerprint density at radius 1 is 1.17 bits per heavy atom. The van der Waals surface area contributed by atoms with Crippen LogP contribution in [-0.4, -0.2) is 9.97 Å². The summed E-state index contributed by atoms with van der Waals surface area (Å²) < 4.78 is 0. The zero-order valence-electron chi connectivity index (χ0n) is 6.37. The number of pyridine rings is 2. The Kier molecular flexibility index (Phi) is 2.04. The second kappa shape index (κ2) is 3.19. The first kappa shape index (κ1) is 7.68. The fourth-order valence-electron chi connectivity index (χ4n) is 1.17. The van der Waals surface area contributed by atoms with E-state index in [2.05, 4.69) is 25.9 Å². The van der Waals surface area contributed by atoms with Crippen LogP contribution in [0.15, 0.2) is 30.6 Å². The Bertz CT molecular complexity index is 395. The van der Waals surface area contributed by atoms with Crippen LogP contribution in [0.3, 0.4) is 0 Å². The zero-order valence-corrected chi connectivity index (χ0v) is 7.95. The van der Waals surface area contributed by atoms with Gasteiger partial charge in [0.15, 0.2) is 0 Å². The van der Waals surface area contributed by atoms with Gasteiger partial charge in [0.05, 0.1) is 11.2 Å². The first-order valence-electron chi connectivity index (χ1n) is 3.66. The normalized spacial score (nSPS) is 10.4. The van der Waals surface area contributed by atoms with Gasteiger partial charge in [0.25, 0.3) is 0 Å². The van der Waals surface area contributed by atoms with Crippen LogP contribution in [0, 0.1) is 0 Å². The molecule has 2 heterocycles. The van der Waals surface area contributed by atoms with Crippen molar-refractivity contribution in [1.29, 1.82) is 0 Å². The Morgan fingerprint density at radius 2 is 2.08 bits per heavy atom. The maximum atomic E-state index is 4.24. The molecule has 60 valence electrons. The lowest BCUT2D eigenvalue weighted by atomic mass is 10.2. The third kappa shape index (κ3) is 1.20. The van der Waals surface area contributed by atoms with E-state index in [0.29, 0.717) is 0 Å². The number of fused-ring (bicyclic) bond motifs is 1. The molecule has 0 fully saturated rings. The van der Waals surface area contributed by atoms with Gasteiger partial charge in [0, 0.05) is 23.1 Å². The van der Waals surface area contributed by atoms with Crippen LogP contribution in [0.25, 0.3) is 10.9 Å². The van der Waals surface area contributed by atoms with E-state index < -0.39 is 0 Å². The predicted octanol–water partition coefficient (Wildman–Crippen LogP) is 2.52. The summed E-state index contributed by atoms with van der Waals surface area (Å²) in [6.45, 7) is 0. The van der Waals surface area contributed by atoms with Gasteiger partial charge in [0.2, 0.25) is 0 Å². The van der Waals surface area contributed by atoms with Crippen molar-refractivity contribution in [2.24, 2.45) is 0 Å². The first-order chi connectivity index (χ1) is 5.92. The molecule has 0 aromatic carbocycles. The summed E-state index contributed by atoms with van der Waals surface area (Å²) in [4.78, 5) is 8.47. The molecular formula is C9H7BrN2. The minimum Gasteiger partial charge on any atom is -0.260 e.